The molecule has 0 fully saturated rings. The number of amides is 2. The van der Waals surface area contributed by atoms with E-state index >= 15 is 0 Å². The molecule has 31 heavy (non-hydrogen) atoms. The minimum Gasteiger partial charge on any atom is -0.550 e. The maximum atomic E-state index is 11.5. The number of carbonyl (C=O) groups excluding carboxylic acids is 3. The third-order valence-electron chi connectivity index (χ3n) is 3.41. The lowest BCUT2D eigenvalue weighted by Gasteiger charge is -2.26. The number of carboxylic acids is 3. The summed E-state index contributed by atoms with van der Waals surface area (Å²) in [6.45, 7) is -0.142. The molecule has 0 saturated heterocycles. The Morgan fingerprint density at radius 1 is 1.13 bits per heavy atom. The zero-order chi connectivity index (χ0) is 24.8. The van der Waals surface area contributed by atoms with Gasteiger partial charge in [-0.3, -0.25) is 19.2 Å². The molecule has 0 unspecified atom stereocenters. The second-order valence-corrected chi connectivity index (χ2v) is 7.97. The number of aliphatic carboxylic acids is 3. The molecule has 180 valence electrons. The summed E-state index contributed by atoms with van der Waals surface area (Å²) in [5.74, 6) is -4.91. The van der Waals surface area contributed by atoms with Gasteiger partial charge < -0.3 is 46.1 Å². The number of aliphatic hydroxyl groups excluding tert-OH is 1. The molecule has 0 rings (SSSR count). The Hall–Kier alpha value is -2.42. The van der Waals surface area contributed by atoms with Crippen LogP contribution in [0.25, 0.3) is 0 Å². The summed E-state index contributed by atoms with van der Waals surface area (Å²) in [5, 5.41) is 40.5. The number of nitrogens with two attached hydrogens (primary N) is 1. The van der Waals surface area contributed by atoms with E-state index in [4.69, 9.17) is 21.1 Å². The van der Waals surface area contributed by atoms with Crippen LogP contribution in [0.2, 0.25) is 0 Å². The number of quaternary nitrogens is 1. The quantitative estimate of drug-likeness (QED) is 0.102. The Morgan fingerprint density at radius 2 is 1.68 bits per heavy atom. The van der Waals surface area contributed by atoms with Crippen molar-refractivity contribution in [1.82, 2.24) is 10.6 Å². The number of nitrogens with one attached hydrogen (secondary N) is 2. The van der Waals surface area contributed by atoms with E-state index in [9.17, 15) is 29.1 Å². The number of aliphatic hydroxyl groups is 1. The molecular formula is C17H32N4O9S. The van der Waals surface area contributed by atoms with E-state index in [1.807, 2.05) is 21.1 Å². The molecular weight excluding hydrogens is 436 g/mol. The lowest BCUT2D eigenvalue weighted by atomic mass is 10.1. The summed E-state index contributed by atoms with van der Waals surface area (Å²) < 4.78 is 0.550. The highest BCUT2D eigenvalue weighted by atomic mass is 32.1. The molecule has 0 heterocycles. The minimum absolute atomic E-state index is 0.0256. The van der Waals surface area contributed by atoms with Crippen LogP contribution in [-0.4, -0.2) is 108 Å². The van der Waals surface area contributed by atoms with Crippen molar-refractivity contribution in [2.24, 2.45) is 5.73 Å². The molecule has 0 saturated carbocycles. The summed E-state index contributed by atoms with van der Waals surface area (Å²) in [6.07, 6.45) is -1.32. The van der Waals surface area contributed by atoms with Crippen molar-refractivity contribution in [2.75, 3.05) is 40.0 Å². The van der Waals surface area contributed by atoms with Gasteiger partial charge in [0.15, 0.2) is 0 Å². The van der Waals surface area contributed by atoms with Crippen LogP contribution in [0.3, 0.4) is 0 Å². The Kier molecular flexibility index (Phi) is 15.3. The maximum Gasteiger partial charge on any atom is 0.322 e. The van der Waals surface area contributed by atoms with E-state index in [1.165, 1.54) is 0 Å². The SMILES string of the molecule is C[N+](C)(C)C[C@H](O)CC(=O)[O-].N[C@@H](CCC(=O)N[C@@H](CS)C(=O)NCC(=O)O)C(=O)O. The van der Waals surface area contributed by atoms with Gasteiger partial charge in [0.05, 0.1) is 21.1 Å². The molecule has 0 aromatic carbocycles. The number of carboxylic acid groups (broad SMARTS) is 3. The van der Waals surface area contributed by atoms with Crippen LogP contribution in [0.5, 0.6) is 0 Å². The summed E-state index contributed by atoms with van der Waals surface area (Å²) >= 11 is 3.87. The fourth-order valence-electron chi connectivity index (χ4n) is 2.05. The largest absolute Gasteiger partial charge is 0.550 e. The van der Waals surface area contributed by atoms with E-state index in [0.29, 0.717) is 11.0 Å². The number of hydrogen-bond donors (Lipinski definition) is 7. The predicted octanol–water partition coefficient (Wildman–Crippen LogP) is -4.01. The van der Waals surface area contributed by atoms with Gasteiger partial charge in [-0.05, 0) is 6.42 Å². The summed E-state index contributed by atoms with van der Waals surface area (Å²) in [4.78, 5) is 53.8. The van der Waals surface area contributed by atoms with Crippen molar-refractivity contribution < 1.29 is 48.9 Å². The van der Waals surface area contributed by atoms with Crippen LogP contribution >= 0.6 is 12.6 Å². The van der Waals surface area contributed by atoms with Crippen LogP contribution in [-0.2, 0) is 24.0 Å². The standard InChI is InChI=1S/C10H17N3O6S.C7H15NO3/c11-5(10(18)19)1-2-7(14)13-6(4-20)9(17)12-3-8(15)16;1-8(2,3)5-6(9)4-7(10)11/h5-6,20H,1-4,11H2,(H,12,17)(H,13,14)(H,15,16)(H,18,19);6,9H,4-5H2,1-3H3/t5-,6-;6-/m01/s1. The molecule has 13 nitrogen and oxygen atoms in total. The molecule has 0 radical (unpaired) electrons. The first-order chi connectivity index (χ1) is 14.1. The van der Waals surface area contributed by atoms with E-state index in [1.54, 1.807) is 0 Å². The Labute approximate surface area is 185 Å². The molecule has 0 aromatic rings. The van der Waals surface area contributed by atoms with Gasteiger partial charge in [-0.25, -0.2) is 0 Å². The van der Waals surface area contributed by atoms with Gasteiger partial charge in [0.1, 0.15) is 31.3 Å². The Bertz CT molecular complexity index is 625. The average molecular weight is 469 g/mol. The lowest BCUT2D eigenvalue weighted by molar-refractivity contribution is -0.873. The number of hydrogen-bond acceptors (Lipinski definition) is 9. The molecule has 0 spiro atoms. The van der Waals surface area contributed by atoms with Crippen molar-refractivity contribution >= 4 is 42.4 Å². The van der Waals surface area contributed by atoms with Gasteiger partial charge in [0, 0.05) is 24.6 Å². The van der Waals surface area contributed by atoms with Crippen LogP contribution in [0, 0.1) is 0 Å². The number of nitrogens with zero attached hydrogens (tertiary/aromatic N) is 1. The molecule has 0 aliphatic carbocycles. The van der Waals surface area contributed by atoms with Crippen LogP contribution in [0.1, 0.15) is 19.3 Å². The van der Waals surface area contributed by atoms with Crippen LogP contribution < -0.4 is 21.5 Å². The van der Waals surface area contributed by atoms with Gasteiger partial charge in [-0.15, -0.1) is 0 Å². The smallest absolute Gasteiger partial charge is 0.322 e. The van der Waals surface area contributed by atoms with E-state index in [0.717, 1.165) is 0 Å². The summed E-state index contributed by atoms with van der Waals surface area (Å²) in [7, 11) is 5.66. The first-order valence-electron chi connectivity index (χ1n) is 9.15. The number of thiol groups is 1. The predicted molar refractivity (Wildman–Crippen MR) is 110 cm³/mol. The topological polar surface area (TPSA) is 219 Å². The van der Waals surface area contributed by atoms with Gasteiger partial charge >= 0.3 is 11.9 Å². The van der Waals surface area contributed by atoms with E-state index < -0.39 is 54.5 Å². The third kappa shape index (κ3) is 19.3. The number of likely N-dealkylation sites (N-methyl/N-ethyl adjacent to an activating group) is 1. The first kappa shape index (κ1) is 30.8. The molecule has 0 aliphatic heterocycles. The van der Waals surface area contributed by atoms with Crippen LogP contribution in [0.15, 0.2) is 0 Å². The Morgan fingerprint density at radius 3 is 2.06 bits per heavy atom. The Balaban J connectivity index is 0. The normalized spacial score (nSPS) is 13.6. The monoisotopic (exact) mass is 468 g/mol. The fourth-order valence-corrected chi connectivity index (χ4v) is 2.30. The maximum absolute atomic E-state index is 11.5. The lowest BCUT2D eigenvalue weighted by Crippen LogP contribution is -2.49. The summed E-state index contributed by atoms with van der Waals surface area (Å²) in [5.41, 5.74) is 5.23. The second kappa shape index (κ2) is 15.4. The van der Waals surface area contributed by atoms with Crippen LogP contribution in [0.4, 0.5) is 0 Å². The molecule has 2 amide bonds. The average Bonchev–Trinajstić information content (AvgIpc) is 2.60. The molecule has 14 heteroatoms. The van der Waals surface area contributed by atoms with Crippen molar-refractivity contribution in [3.05, 3.63) is 0 Å². The van der Waals surface area contributed by atoms with Gasteiger partial charge in [-0.1, -0.05) is 0 Å². The second-order valence-electron chi connectivity index (χ2n) is 7.60. The first-order valence-corrected chi connectivity index (χ1v) is 9.78. The third-order valence-corrected chi connectivity index (χ3v) is 3.77. The van der Waals surface area contributed by atoms with E-state index in [2.05, 4.69) is 23.3 Å². The van der Waals surface area contributed by atoms with Crippen molar-refractivity contribution in [3.8, 4) is 0 Å². The van der Waals surface area contributed by atoms with E-state index in [-0.39, 0.29) is 25.0 Å². The molecule has 0 bridgehead atoms. The molecule has 7 N–H and O–H groups in total. The molecule has 0 aliphatic rings. The zero-order valence-electron chi connectivity index (χ0n) is 17.7. The molecule has 0 aromatic heterocycles. The van der Waals surface area contributed by atoms with Crippen molar-refractivity contribution in [1.29, 1.82) is 0 Å². The van der Waals surface area contributed by atoms with Crippen molar-refractivity contribution in [2.45, 2.75) is 37.5 Å². The van der Waals surface area contributed by atoms with Gasteiger partial charge in [-0.2, -0.15) is 12.6 Å². The number of carbonyl (C=O) groups is 5. The number of rotatable bonds is 13. The fraction of sp³-hybridized carbons (Fsp3) is 0.706. The minimum atomic E-state index is -1.22. The summed E-state index contributed by atoms with van der Waals surface area (Å²) in [6, 6.07) is -2.15. The van der Waals surface area contributed by atoms with Crippen molar-refractivity contribution in [3.63, 3.8) is 0 Å². The highest BCUT2D eigenvalue weighted by Crippen LogP contribution is 1.98. The highest BCUT2D eigenvalue weighted by Gasteiger charge is 2.21. The zero-order valence-corrected chi connectivity index (χ0v) is 18.6. The van der Waals surface area contributed by atoms with Gasteiger partial charge in [0.2, 0.25) is 11.8 Å². The highest BCUT2D eigenvalue weighted by molar-refractivity contribution is 7.80. The molecule has 3 atom stereocenters. The van der Waals surface area contributed by atoms with Gasteiger partial charge in [0.25, 0.3) is 0 Å².